The Hall–Kier alpha value is -2.73. The molecule has 2 unspecified atom stereocenters. The summed E-state index contributed by atoms with van der Waals surface area (Å²) in [6.07, 6.45) is 17.5. The van der Waals surface area contributed by atoms with Gasteiger partial charge in [0.25, 0.3) is 0 Å². The Kier molecular flexibility index (Phi) is 15.5. The zero-order valence-corrected chi connectivity index (χ0v) is 36.4. The van der Waals surface area contributed by atoms with Gasteiger partial charge in [-0.25, -0.2) is 4.79 Å². The van der Waals surface area contributed by atoms with Crippen molar-refractivity contribution in [1.82, 2.24) is 10.2 Å². The van der Waals surface area contributed by atoms with Crippen LogP contribution < -0.4 is 14.8 Å². The molecule has 6 rings (SSSR count). The third kappa shape index (κ3) is 14.6. The van der Waals surface area contributed by atoms with Crippen LogP contribution in [0.4, 0.5) is 4.79 Å². The Bertz CT molecular complexity index is 1410. The molecule has 0 aromatic heterocycles. The summed E-state index contributed by atoms with van der Waals surface area (Å²) in [5.74, 6) is 5.00. The number of amides is 1. The molecule has 4 aliphatic rings. The van der Waals surface area contributed by atoms with E-state index >= 15 is 0 Å². The molecule has 2 saturated heterocycles. The second kappa shape index (κ2) is 19.6. The van der Waals surface area contributed by atoms with Crippen molar-refractivity contribution in [2.24, 2.45) is 34.5 Å². The summed E-state index contributed by atoms with van der Waals surface area (Å²) in [6, 6.07) is 17.5. The summed E-state index contributed by atoms with van der Waals surface area (Å²) in [5.41, 5.74) is 3.18. The number of hydrogen-bond donors (Lipinski definition) is 1. The highest BCUT2D eigenvalue weighted by atomic mass is 16.6. The van der Waals surface area contributed by atoms with E-state index in [1.54, 1.807) is 0 Å². The minimum absolute atomic E-state index is 0.179. The van der Waals surface area contributed by atoms with Crippen molar-refractivity contribution in [3.8, 4) is 11.5 Å². The molecular formula is C49H78N2O4. The van der Waals surface area contributed by atoms with Crippen LogP contribution in [0.2, 0.25) is 0 Å². The summed E-state index contributed by atoms with van der Waals surface area (Å²) >= 11 is 0. The summed E-state index contributed by atoms with van der Waals surface area (Å²) < 4.78 is 18.1. The molecule has 1 N–H and O–H groups in total. The highest BCUT2D eigenvalue weighted by molar-refractivity contribution is 5.68. The van der Waals surface area contributed by atoms with Gasteiger partial charge in [-0.1, -0.05) is 65.8 Å². The molecule has 0 radical (unpaired) electrons. The molecule has 2 aliphatic heterocycles. The number of benzene rings is 2. The number of nitrogens with one attached hydrogen (secondary N) is 1. The van der Waals surface area contributed by atoms with Gasteiger partial charge in [0.05, 0.1) is 12.2 Å². The van der Waals surface area contributed by atoms with Crippen molar-refractivity contribution in [3.05, 3.63) is 59.7 Å². The van der Waals surface area contributed by atoms with Crippen LogP contribution in [0.5, 0.6) is 11.5 Å². The Balaban J connectivity index is 0.000000218. The number of likely N-dealkylation sites (tertiary alicyclic amines) is 1. The molecule has 308 valence electrons. The first-order valence-corrected chi connectivity index (χ1v) is 22.2. The maximum absolute atomic E-state index is 12.4. The average Bonchev–Trinajstić information content (AvgIpc) is 3.13. The van der Waals surface area contributed by atoms with Crippen LogP contribution in [0.25, 0.3) is 0 Å². The summed E-state index contributed by atoms with van der Waals surface area (Å²) in [7, 11) is 0. The van der Waals surface area contributed by atoms with Crippen LogP contribution >= 0.6 is 0 Å². The zero-order valence-electron chi connectivity index (χ0n) is 36.4. The lowest BCUT2D eigenvalue weighted by atomic mass is 9.72. The smallest absolute Gasteiger partial charge is 0.410 e. The second-order valence-electron chi connectivity index (χ2n) is 20.8. The topological polar surface area (TPSA) is 60.0 Å². The van der Waals surface area contributed by atoms with E-state index in [4.69, 9.17) is 14.2 Å². The lowest BCUT2D eigenvalue weighted by Crippen LogP contribution is -2.43. The summed E-state index contributed by atoms with van der Waals surface area (Å²) in [6.45, 7) is 23.9. The van der Waals surface area contributed by atoms with Gasteiger partial charge in [0.1, 0.15) is 17.1 Å². The minimum atomic E-state index is -0.439. The second-order valence-corrected chi connectivity index (χ2v) is 20.8. The molecule has 1 amide bonds. The predicted octanol–water partition coefficient (Wildman–Crippen LogP) is 12.1. The first kappa shape index (κ1) is 43.4. The molecule has 6 nitrogen and oxygen atoms in total. The maximum atomic E-state index is 12.4. The third-order valence-corrected chi connectivity index (χ3v) is 12.9. The minimum Gasteiger partial charge on any atom is -0.490 e. The van der Waals surface area contributed by atoms with E-state index in [-0.39, 0.29) is 6.09 Å². The molecule has 2 heterocycles. The van der Waals surface area contributed by atoms with Gasteiger partial charge in [0.15, 0.2) is 0 Å². The highest BCUT2D eigenvalue weighted by Crippen LogP contribution is 2.40. The Labute approximate surface area is 336 Å². The Morgan fingerprint density at radius 3 is 1.49 bits per heavy atom. The number of carbonyl (C=O) groups is 1. The quantitative estimate of drug-likeness (QED) is 0.290. The normalized spacial score (nSPS) is 26.7. The van der Waals surface area contributed by atoms with Gasteiger partial charge < -0.3 is 24.4 Å². The van der Waals surface area contributed by atoms with E-state index in [0.717, 1.165) is 74.4 Å². The van der Waals surface area contributed by atoms with Crippen LogP contribution in [-0.2, 0) is 17.6 Å². The molecule has 2 atom stereocenters. The van der Waals surface area contributed by atoms with Gasteiger partial charge in [0.2, 0.25) is 0 Å². The van der Waals surface area contributed by atoms with Crippen molar-refractivity contribution in [3.63, 3.8) is 0 Å². The van der Waals surface area contributed by atoms with Crippen LogP contribution in [0, 0.1) is 34.5 Å². The number of piperidine rings is 2. The number of rotatable bonds is 8. The average molecular weight is 759 g/mol. The SMILES string of the molecule is CC(C)(C)C1CCC(Oc2ccc(CC3CCCNC3)cc2)CC1.CC(C)(C)OC(=O)N1CCCC(Cc2ccc(OC3CCC(C(C)(C)C)CC3)cc2)C1. The number of hydrogen-bond acceptors (Lipinski definition) is 5. The highest BCUT2D eigenvalue weighted by Gasteiger charge is 2.32. The van der Waals surface area contributed by atoms with E-state index in [0.29, 0.717) is 29.0 Å². The van der Waals surface area contributed by atoms with Crippen LogP contribution in [-0.4, -0.2) is 55.0 Å². The van der Waals surface area contributed by atoms with Crippen molar-refractivity contribution < 1.29 is 19.0 Å². The fraction of sp³-hybridized carbons (Fsp3) is 0.735. The standard InChI is InChI=1S/C27H43NO3.C22H35NO/c1-26(2,3)22-11-15-24(16-12-22)30-23-13-9-20(10-14-23)18-21-8-7-17-28(19-21)25(29)31-27(4,5)6;1-22(2,3)19-8-12-21(13-9-19)24-20-10-6-17(7-11-20)15-18-5-4-14-23-16-18/h9-10,13-14,21-22,24H,7-8,11-12,15-19H2,1-6H3;6-7,10-11,18-19,21,23H,4-5,8-9,12-16H2,1-3H3. The van der Waals surface area contributed by atoms with Crippen molar-refractivity contribution in [2.75, 3.05) is 26.2 Å². The molecule has 4 fully saturated rings. The van der Waals surface area contributed by atoms with Crippen molar-refractivity contribution in [2.45, 2.75) is 170 Å². The monoisotopic (exact) mass is 759 g/mol. The zero-order chi connectivity index (χ0) is 39.6. The molecule has 2 aromatic rings. The summed E-state index contributed by atoms with van der Waals surface area (Å²) in [5, 5.41) is 3.51. The predicted molar refractivity (Wildman–Crippen MR) is 228 cm³/mol. The Morgan fingerprint density at radius 2 is 1.07 bits per heavy atom. The van der Waals surface area contributed by atoms with E-state index in [1.807, 2.05) is 25.7 Å². The first-order valence-electron chi connectivity index (χ1n) is 22.2. The van der Waals surface area contributed by atoms with Gasteiger partial charge in [-0.2, -0.15) is 0 Å². The van der Waals surface area contributed by atoms with Gasteiger partial charge in [0, 0.05) is 13.1 Å². The lowest BCUT2D eigenvalue weighted by Gasteiger charge is -2.37. The fourth-order valence-electron chi connectivity index (χ4n) is 9.38. The molecule has 6 heteroatoms. The molecule has 2 saturated carbocycles. The molecule has 2 aromatic carbocycles. The molecule has 0 bridgehead atoms. The molecule has 55 heavy (non-hydrogen) atoms. The molecule has 0 spiro atoms. The summed E-state index contributed by atoms with van der Waals surface area (Å²) in [4.78, 5) is 14.3. The molecular weight excluding hydrogens is 681 g/mol. The number of ether oxygens (including phenoxy) is 3. The van der Waals surface area contributed by atoms with Gasteiger partial charge >= 0.3 is 6.09 Å². The maximum Gasteiger partial charge on any atom is 0.410 e. The first-order chi connectivity index (χ1) is 26.0. The Morgan fingerprint density at radius 1 is 0.618 bits per heavy atom. The van der Waals surface area contributed by atoms with Crippen LogP contribution in [0.3, 0.4) is 0 Å². The van der Waals surface area contributed by atoms with Crippen molar-refractivity contribution in [1.29, 1.82) is 0 Å². The van der Waals surface area contributed by atoms with Gasteiger partial charge in [-0.05, 0) is 194 Å². The fourth-order valence-corrected chi connectivity index (χ4v) is 9.38. The van der Waals surface area contributed by atoms with Gasteiger partial charge in [-0.15, -0.1) is 0 Å². The third-order valence-electron chi connectivity index (χ3n) is 12.9. The molecule has 2 aliphatic carbocycles. The van der Waals surface area contributed by atoms with Gasteiger partial charge in [-0.3, -0.25) is 0 Å². The number of nitrogens with zero attached hydrogens (tertiary/aromatic N) is 1. The largest absolute Gasteiger partial charge is 0.490 e. The van der Waals surface area contributed by atoms with E-state index in [2.05, 4.69) is 95.4 Å². The van der Waals surface area contributed by atoms with E-state index in [9.17, 15) is 4.79 Å². The van der Waals surface area contributed by atoms with Crippen molar-refractivity contribution >= 4 is 6.09 Å². The van der Waals surface area contributed by atoms with Crippen LogP contribution in [0.15, 0.2) is 48.5 Å². The number of carbonyl (C=O) groups excluding carboxylic acids is 1. The van der Waals surface area contributed by atoms with E-state index < -0.39 is 5.60 Å². The van der Waals surface area contributed by atoms with E-state index in [1.165, 1.54) is 82.0 Å². The van der Waals surface area contributed by atoms with Crippen LogP contribution in [0.1, 0.15) is 150 Å². The lowest BCUT2D eigenvalue weighted by molar-refractivity contribution is 0.0166.